The first-order valence-electron chi connectivity index (χ1n) is 11.2. The third kappa shape index (κ3) is 4.50. The molecule has 3 aromatic carbocycles. The van der Waals surface area contributed by atoms with Crippen molar-refractivity contribution >= 4 is 11.7 Å². The molecule has 1 aromatic heterocycles. The Hall–Kier alpha value is -4.13. The van der Waals surface area contributed by atoms with E-state index in [4.69, 9.17) is 4.52 Å². The fraction of sp³-hybridized carbons (Fsp3) is 0.185. The second kappa shape index (κ2) is 9.39. The summed E-state index contributed by atoms with van der Waals surface area (Å²) in [5.74, 6) is 0.184. The number of carbonyl (C=O) groups is 2. The molecule has 0 bridgehead atoms. The normalized spacial score (nSPS) is 15.8. The van der Waals surface area contributed by atoms with Crippen LogP contribution in [0.3, 0.4) is 0 Å². The molecule has 6 nitrogen and oxygen atoms in total. The lowest BCUT2D eigenvalue weighted by molar-refractivity contribution is 0.0695. The monoisotopic (exact) mass is 455 g/mol. The highest BCUT2D eigenvalue weighted by atomic mass is 19.1. The number of hydrogen-bond donors (Lipinski definition) is 0. The van der Waals surface area contributed by atoms with Gasteiger partial charge < -0.3 is 9.42 Å². The summed E-state index contributed by atoms with van der Waals surface area (Å²) in [5.41, 5.74) is 2.20. The Bertz CT molecular complexity index is 1320. The standard InChI is InChI=1S/C27H22FN3O3/c28-23-13-11-19(12-14-23)25-29-26(34-30-25)22-10-5-15-31(17-22)27(33)21-9-4-8-20(16-21)24(32)18-6-2-1-3-7-18/h1-4,6-9,11-14,16,22H,5,10,15,17H2. The Balaban J connectivity index is 1.31. The fourth-order valence-electron chi connectivity index (χ4n) is 4.21. The Morgan fingerprint density at radius 3 is 2.44 bits per heavy atom. The van der Waals surface area contributed by atoms with Gasteiger partial charge >= 0.3 is 0 Å². The minimum absolute atomic E-state index is 0.0893. The molecule has 0 spiro atoms. The Morgan fingerprint density at radius 2 is 1.65 bits per heavy atom. The quantitative estimate of drug-likeness (QED) is 0.390. The molecule has 1 amide bonds. The molecule has 1 atom stereocenters. The number of amides is 1. The summed E-state index contributed by atoms with van der Waals surface area (Å²) < 4.78 is 18.7. The number of ketones is 1. The first-order chi connectivity index (χ1) is 16.6. The van der Waals surface area contributed by atoms with Crippen LogP contribution in [0.1, 0.15) is 50.9 Å². The highest BCUT2D eigenvalue weighted by Crippen LogP contribution is 2.28. The molecule has 1 aliphatic heterocycles. The molecule has 0 radical (unpaired) electrons. The van der Waals surface area contributed by atoms with Gasteiger partial charge in [0.1, 0.15) is 5.82 Å². The summed E-state index contributed by atoms with van der Waals surface area (Å²) >= 11 is 0. The van der Waals surface area contributed by atoms with Crippen LogP contribution in [0.15, 0.2) is 83.4 Å². The van der Waals surface area contributed by atoms with Crippen molar-refractivity contribution in [2.24, 2.45) is 0 Å². The molecule has 5 rings (SSSR count). The van der Waals surface area contributed by atoms with Crippen LogP contribution >= 0.6 is 0 Å². The van der Waals surface area contributed by atoms with Gasteiger partial charge in [0.2, 0.25) is 11.7 Å². The van der Waals surface area contributed by atoms with E-state index in [2.05, 4.69) is 10.1 Å². The summed E-state index contributed by atoms with van der Waals surface area (Å²) in [6, 6.07) is 21.7. The molecule has 4 aromatic rings. The third-order valence-electron chi connectivity index (χ3n) is 6.01. The van der Waals surface area contributed by atoms with E-state index in [1.54, 1.807) is 53.4 Å². The lowest BCUT2D eigenvalue weighted by Gasteiger charge is -2.31. The molecule has 0 N–H and O–H groups in total. The second-order valence-electron chi connectivity index (χ2n) is 8.33. The van der Waals surface area contributed by atoms with E-state index < -0.39 is 0 Å². The van der Waals surface area contributed by atoms with E-state index in [1.165, 1.54) is 12.1 Å². The molecule has 1 aliphatic rings. The molecule has 1 saturated heterocycles. The smallest absolute Gasteiger partial charge is 0.253 e. The van der Waals surface area contributed by atoms with Crippen molar-refractivity contribution in [3.63, 3.8) is 0 Å². The van der Waals surface area contributed by atoms with Gasteiger partial charge in [-0.2, -0.15) is 4.98 Å². The van der Waals surface area contributed by atoms with Gasteiger partial charge in [0.15, 0.2) is 5.78 Å². The van der Waals surface area contributed by atoms with Crippen molar-refractivity contribution in [1.82, 2.24) is 15.0 Å². The molecule has 7 heteroatoms. The molecule has 1 unspecified atom stereocenters. The maximum Gasteiger partial charge on any atom is 0.253 e. The number of halogens is 1. The summed E-state index contributed by atoms with van der Waals surface area (Å²) in [4.78, 5) is 32.3. The van der Waals surface area contributed by atoms with Crippen molar-refractivity contribution in [2.75, 3.05) is 13.1 Å². The zero-order valence-electron chi connectivity index (χ0n) is 18.4. The highest BCUT2D eigenvalue weighted by molar-refractivity contribution is 6.10. The van der Waals surface area contributed by atoms with E-state index in [9.17, 15) is 14.0 Å². The van der Waals surface area contributed by atoms with Crippen LogP contribution in [0.2, 0.25) is 0 Å². The Kier molecular flexibility index (Phi) is 5.99. The van der Waals surface area contributed by atoms with Crippen LogP contribution in [-0.4, -0.2) is 39.8 Å². The third-order valence-corrected chi connectivity index (χ3v) is 6.01. The van der Waals surface area contributed by atoms with Crippen LogP contribution in [0, 0.1) is 5.82 Å². The number of hydrogen-bond acceptors (Lipinski definition) is 5. The van der Waals surface area contributed by atoms with E-state index in [1.807, 2.05) is 18.2 Å². The fourth-order valence-corrected chi connectivity index (χ4v) is 4.21. The molecule has 34 heavy (non-hydrogen) atoms. The number of rotatable bonds is 5. The zero-order valence-corrected chi connectivity index (χ0v) is 18.4. The number of carbonyl (C=O) groups excluding carboxylic acids is 2. The van der Waals surface area contributed by atoms with Crippen molar-refractivity contribution in [3.05, 3.63) is 107 Å². The van der Waals surface area contributed by atoms with Gasteiger partial charge in [-0.15, -0.1) is 0 Å². The van der Waals surface area contributed by atoms with Gasteiger partial charge in [0.25, 0.3) is 5.91 Å². The van der Waals surface area contributed by atoms with Gasteiger partial charge in [-0.25, -0.2) is 4.39 Å². The molecule has 2 heterocycles. The average molecular weight is 455 g/mol. The van der Waals surface area contributed by atoms with E-state index in [0.29, 0.717) is 47.1 Å². The van der Waals surface area contributed by atoms with Gasteiger partial charge in [0, 0.05) is 35.3 Å². The number of likely N-dealkylation sites (tertiary alicyclic amines) is 1. The van der Waals surface area contributed by atoms with Gasteiger partial charge in [-0.05, 0) is 49.2 Å². The first kappa shape index (κ1) is 21.7. The van der Waals surface area contributed by atoms with Crippen LogP contribution < -0.4 is 0 Å². The maximum atomic E-state index is 13.3. The summed E-state index contributed by atoms with van der Waals surface area (Å²) in [6.07, 6.45) is 1.62. The molecule has 1 fully saturated rings. The number of piperidine rings is 1. The molecule has 0 aliphatic carbocycles. The van der Waals surface area contributed by atoms with Crippen molar-refractivity contribution in [1.29, 1.82) is 0 Å². The second-order valence-corrected chi connectivity index (χ2v) is 8.33. The summed E-state index contributed by atoms with van der Waals surface area (Å²) in [7, 11) is 0. The van der Waals surface area contributed by atoms with Crippen LogP contribution in [0.4, 0.5) is 4.39 Å². The maximum absolute atomic E-state index is 13.3. The number of aromatic nitrogens is 2. The molecular formula is C27H22FN3O3. The van der Waals surface area contributed by atoms with Crippen molar-refractivity contribution in [3.8, 4) is 11.4 Å². The predicted molar refractivity (Wildman–Crippen MR) is 124 cm³/mol. The van der Waals surface area contributed by atoms with Crippen molar-refractivity contribution < 1.29 is 18.5 Å². The molecular weight excluding hydrogens is 433 g/mol. The lowest BCUT2D eigenvalue weighted by atomic mass is 9.96. The topological polar surface area (TPSA) is 76.3 Å². The van der Waals surface area contributed by atoms with E-state index >= 15 is 0 Å². The number of benzene rings is 3. The predicted octanol–water partition coefficient (Wildman–Crippen LogP) is 5.13. The van der Waals surface area contributed by atoms with E-state index in [0.717, 1.165) is 12.8 Å². The zero-order chi connectivity index (χ0) is 23.5. The number of nitrogens with zero attached hydrogens (tertiary/aromatic N) is 3. The summed E-state index contributed by atoms with van der Waals surface area (Å²) in [6.45, 7) is 1.06. The van der Waals surface area contributed by atoms with Gasteiger partial charge in [0.05, 0.1) is 5.92 Å². The average Bonchev–Trinajstić information content (AvgIpc) is 3.39. The van der Waals surface area contributed by atoms with Crippen LogP contribution in [0.25, 0.3) is 11.4 Å². The van der Waals surface area contributed by atoms with Gasteiger partial charge in [-0.1, -0.05) is 47.6 Å². The highest BCUT2D eigenvalue weighted by Gasteiger charge is 2.29. The van der Waals surface area contributed by atoms with Crippen LogP contribution in [-0.2, 0) is 0 Å². The molecule has 170 valence electrons. The Morgan fingerprint density at radius 1 is 0.912 bits per heavy atom. The minimum Gasteiger partial charge on any atom is -0.339 e. The SMILES string of the molecule is O=C(c1ccccc1)c1cccc(C(=O)N2CCCC(c3nc(-c4ccc(F)cc4)no3)C2)c1. The Labute approximate surface area is 196 Å². The van der Waals surface area contributed by atoms with Gasteiger partial charge in [-0.3, -0.25) is 9.59 Å². The lowest BCUT2D eigenvalue weighted by Crippen LogP contribution is -2.39. The largest absolute Gasteiger partial charge is 0.339 e. The van der Waals surface area contributed by atoms with E-state index in [-0.39, 0.29) is 23.4 Å². The molecule has 0 saturated carbocycles. The summed E-state index contributed by atoms with van der Waals surface area (Å²) in [5, 5.41) is 4.03. The van der Waals surface area contributed by atoms with Crippen LogP contribution in [0.5, 0.6) is 0 Å². The minimum atomic E-state index is -0.330. The first-order valence-corrected chi connectivity index (χ1v) is 11.2. The van der Waals surface area contributed by atoms with Crippen molar-refractivity contribution in [2.45, 2.75) is 18.8 Å².